The van der Waals surface area contributed by atoms with Gasteiger partial charge in [0.25, 0.3) is 0 Å². The maximum Gasteiger partial charge on any atom is 0.146 e. The molecule has 0 saturated heterocycles. The van der Waals surface area contributed by atoms with Gasteiger partial charge in [-0.2, -0.15) is 0 Å². The van der Waals surface area contributed by atoms with Crippen LogP contribution in [0.15, 0.2) is 46.6 Å². The summed E-state index contributed by atoms with van der Waals surface area (Å²) >= 11 is 0. The van der Waals surface area contributed by atoms with Gasteiger partial charge in [-0.3, -0.25) is 0 Å². The van der Waals surface area contributed by atoms with Gasteiger partial charge in [-0.1, -0.05) is 0 Å². The highest BCUT2D eigenvalue weighted by molar-refractivity contribution is 5.58. The molecule has 0 amide bonds. The van der Waals surface area contributed by atoms with Crippen molar-refractivity contribution in [3.8, 4) is 23.0 Å². The molecule has 0 aromatic heterocycles. The second-order valence-corrected chi connectivity index (χ2v) is 4.28. The van der Waals surface area contributed by atoms with E-state index in [0.717, 1.165) is 0 Å². The first-order chi connectivity index (χ1) is 10.7. The Kier molecular flexibility index (Phi) is 5.19. The van der Waals surface area contributed by atoms with Crippen LogP contribution in [0.2, 0.25) is 0 Å². The predicted octanol–water partition coefficient (Wildman–Crippen LogP) is 4.14. The molecule has 0 atom stereocenters. The van der Waals surface area contributed by atoms with Crippen molar-refractivity contribution in [1.82, 2.24) is 0 Å². The molecule has 6 nitrogen and oxygen atoms in total. The molecule has 116 valence electrons. The molecule has 0 saturated carbocycles. The Morgan fingerprint density at radius 3 is 1.32 bits per heavy atom. The molecule has 22 heavy (non-hydrogen) atoms. The minimum absolute atomic E-state index is 0.562. The van der Waals surface area contributed by atoms with Gasteiger partial charge < -0.3 is 18.9 Å². The highest BCUT2D eigenvalue weighted by Gasteiger charge is 2.07. The summed E-state index contributed by atoms with van der Waals surface area (Å²) in [6.45, 7) is 0. The minimum Gasteiger partial charge on any atom is -0.497 e. The molecule has 0 bridgehead atoms. The fraction of sp³-hybridized carbons (Fsp3) is 0.250. The lowest BCUT2D eigenvalue weighted by Gasteiger charge is -2.07. The van der Waals surface area contributed by atoms with Crippen molar-refractivity contribution in [1.29, 1.82) is 0 Å². The second kappa shape index (κ2) is 7.31. The molecule has 2 aromatic rings. The van der Waals surface area contributed by atoms with Crippen LogP contribution in [0.3, 0.4) is 0 Å². The molecule has 0 heterocycles. The van der Waals surface area contributed by atoms with Crippen molar-refractivity contribution in [2.24, 2.45) is 10.2 Å². The number of azo groups is 1. The number of hydrogen-bond donors (Lipinski definition) is 0. The topological polar surface area (TPSA) is 61.6 Å². The molecule has 0 radical (unpaired) electrons. The van der Waals surface area contributed by atoms with Crippen LogP contribution in [0.25, 0.3) is 0 Å². The monoisotopic (exact) mass is 302 g/mol. The first-order valence-electron chi connectivity index (χ1n) is 6.57. The summed E-state index contributed by atoms with van der Waals surface area (Å²) in [4.78, 5) is 0. The van der Waals surface area contributed by atoms with Crippen molar-refractivity contribution in [3.05, 3.63) is 36.4 Å². The van der Waals surface area contributed by atoms with E-state index in [1.54, 1.807) is 64.8 Å². The van der Waals surface area contributed by atoms with Gasteiger partial charge in [-0.15, -0.1) is 10.2 Å². The molecule has 0 unspecified atom stereocenters. The first-order valence-corrected chi connectivity index (χ1v) is 6.57. The van der Waals surface area contributed by atoms with Crippen LogP contribution in [0.1, 0.15) is 0 Å². The Bertz CT molecular complexity index is 614. The van der Waals surface area contributed by atoms with E-state index in [2.05, 4.69) is 10.2 Å². The summed E-state index contributed by atoms with van der Waals surface area (Å²) in [7, 11) is 6.33. The Morgan fingerprint density at radius 2 is 1.00 bits per heavy atom. The van der Waals surface area contributed by atoms with Crippen molar-refractivity contribution in [3.63, 3.8) is 0 Å². The zero-order chi connectivity index (χ0) is 15.9. The highest BCUT2D eigenvalue weighted by Crippen LogP contribution is 2.36. The predicted molar refractivity (Wildman–Crippen MR) is 83.3 cm³/mol. The number of benzene rings is 2. The number of ether oxygens (including phenoxy) is 4. The average Bonchev–Trinajstić information content (AvgIpc) is 2.59. The summed E-state index contributed by atoms with van der Waals surface area (Å²) in [5.74, 6) is 2.55. The van der Waals surface area contributed by atoms with Crippen molar-refractivity contribution in [2.45, 2.75) is 0 Å². The lowest BCUT2D eigenvalue weighted by atomic mass is 10.2. The smallest absolute Gasteiger partial charge is 0.146 e. The summed E-state index contributed by atoms with van der Waals surface area (Å²) in [6.07, 6.45) is 0. The highest BCUT2D eigenvalue weighted by atomic mass is 16.5. The molecule has 6 heteroatoms. The number of rotatable bonds is 6. The van der Waals surface area contributed by atoms with E-state index >= 15 is 0 Å². The normalized spacial score (nSPS) is 10.5. The fourth-order valence-corrected chi connectivity index (χ4v) is 1.86. The third-order valence-corrected chi connectivity index (χ3v) is 3.04. The number of hydrogen-bond acceptors (Lipinski definition) is 6. The minimum atomic E-state index is 0.562. The van der Waals surface area contributed by atoms with E-state index in [1.807, 2.05) is 0 Å². The third-order valence-electron chi connectivity index (χ3n) is 3.04. The molecule has 0 aliphatic carbocycles. The summed E-state index contributed by atoms with van der Waals surface area (Å²) in [5, 5.41) is 8.45. The van der Waals surface area contributed by atoms with Crippen LogP contribution >= 0.6 is 0 Å². The van der Waals surface area contributed by atoms with Crippen molar-refractivity contribution < 1.29 is 18.9 Å². The van der Waals surface area contributed by atoms with Gasteiger partial charge in [0.2, 0.25) is 0 Å². The van der Waals surface area contributed by atoms with Crippen LogP contribution < -0.4 is 18.9 Å². The molecular formula is C16H18N2O4. The number of nitrogens with zero attached hydrogens (tertiary/aromatic N) is 2. The van der Waals surface area contributed by atoms with Gasteiger partial charge in [0.05, 0.1) is 28.4 Å². The van der Waals surface area contributed by atoms with E-state index in [-0.39, 0.29) is 0 Å². The van der Waals surface area contributed by atoms with E-state index in [1.165, 1.54) is 0 Å². The Hall–Kier alpha value is -2.76. The zero-order valence-electron chi connectivity index (χ0n) is 13.0. The van der Waals surface area contributed by atoms with Crippen LogP contribution in [-0.2, 0) is 0 Å². The van der Waals surface area contributed by atoms with Crippen LogP contribution in [0.5, 0.6) is 23.0 Å². The van der Waals surface area contributed by atoms with E-state index in [4.69, 9.17) is 18.9 Å². The van der Waals surface area contributed by atoms with Gasteiger partial charge in [-0.25, -0.2) is 0 Å². The van der Waals surface area contributed by atoms with Gasteiger partial charge >= 0.3 is 0 Å². The summed E-state index contributed by atoms with van der Waals surface area (Å²) < 4.78 is 20.9. The van der Waals surface area contributed by atoms with Crippen molar-refractivity contribution in [2.75, 3.05) is 28.4 Å². The summed E-state index contributed by atoms with van der Waals surface area (Å²) in [5.41, 5.74) is 1.12. The van der Waals surface area contributed by atoms with E-state index < -0.39 is 0 Å². The lowest BCUT2D eigenvalue weighted by molar-refractivity contribution is 0.403. The maximum absolute atomic E-state index is 5.27. The average molecular weight is 302 g/mol. The third kappa shape index (κ3) is 3.46. The summed E-state index contributed by atoms with van der Waals surface area (Å²) in [6, 6.07) is 10.6. The van der Waals surface area contributed by atoms with Gasteiger partial charge in [0.15, 0.2) is 0 Å². The maximum atomic E-state index is 5.27. The number of methoxy groups -OCH3 is 4. The van der Waals surface area contributed by atoms with Gasteiger partial charge in [0.1, 0.15) is 34.4 Å². The molecule has 0 aliphatic rings. The van der Waals surface area contributed by atoms with E-state index in [9.17, 15) is 0 Å². The Morgan fingerprint density at radius 1 is 0.591 bits per heavy atom. The van der Waals surface area contributed by atoms with E-state index in [0.29, 0.717) is 34.4 Å². The van der Waals surface area contributed by atoms with Gasteiger partial charge in [0, 0.05) is 12.1 Å². The SMILES string of the molecule is COc1ccc(OC)c(N=Nc2cc(OC)ccc2OC)c1. The quantitative estimate of drug-likeness (QED) is 0.752. The molecule has 0 aliphatic heterocycles. The lowest BCUT2D eigenvalue weighted by Crippen LogP contribution is -1.87. The van der Waals surface area contributed by atoms with Crippen LogP contribution in [0.4, 0.5) is 11.4 Å². The fourth-order valence-electron chi connectivity index (χ4n) is 1.86. The largest absolute Gasteiger partial charge is 0.497 e. The van der Waals surface area contributed by atoms with Crippen LogP contribution in [-0.4, -0.2) is 28.4 Å². The Balaban J connectivity index is 2.39. The molecule has 2 aromatic carbocycles. The van der Waals surface area contributed by atoms with Crippen LogP contribution in [0, 0.1) is 0 Å². The van der Waals surface area contributed by atoms with Crippen molar-refractivity contribution >= 4 is 11.4 Å². The first kappa shape index (κ1) is 15.6. The molecule has 0 N–H and O–H groups in total. The van der Waals surface area contributed by atoms with Gasteiger partial charge in [-0.05, 0) is 24.3 Å². The molecule has 2 rings (SSSR count). The molecular weight excluding hydrogens is 284 g/mol. The molecule has 0 spiro atoms. The Labute approximate surface area is 129 Å². The zero-order valence-corrected chi connectivity index (χ0v) is 13.0. The second-order valence-electron chi connectivity index (χ2n) is 4.28. The molecule has 0 fully saturated rings. The standard InChI is InChI=1S/C16H18N2O4/c1-19-11-5-7-15(21-3)13(9-11)17-18-14-10-12(20-2)6-8-16(14)22-4/h5-10H,1-4H3.